The lowest BCUT2D eigenvalue weighted by Crippen LogP contribution is -2.41. The first kappa shape index (κ1) is 18.9. The molecule has 0 saturated carbocycles. The van der Waals surface area contributed by atoms with Gasteiger partial charge in [-0.3, -0.25) is 9.69 Å². The number of nitrogens with zero attached hydrogens (tertiary/aromatic N) is 2. The Labute approximate surface area is 144 Å². The lowest BCUT2D eigenvalue weighted by atomic mass is 10.00. The summed E-state index contributed by atoms with van der Waals surface area (Å²) in [5.41, 5.74) is 1.97. The van der Waals surface area contributed by atoms with Gasteiger partial charge in [-0.25, -0.2) is 12.7 Å². The largest absolute Gasteiger partial charge is 0.353 e. The second kappa shape index (κ2) is 8.09. The molecular formula is C17H27N3O3S. The third-order valence-corrected chi connectivity index (χ3v) is 6.24. The normalized spacial score (nSPS) is 17.2. The Morgan fingerprint density at radius 1 is 1.25 bits per heavy atom. The molecule has 1 fully saturated rings. The van der Waals surface area contributed by atoms with Crippen LogP contribution in [0.4, 0.5) is 0 Å². The van der Waals surface area contributed by atoms with Gasteiger partial charge in [0, 0.05) is 19.6 Å². The number of hydrogen-bond acceptors (Lipinski definition) is 4. The Bertz CT molecular complexity index is 667. The summed E-state index contributed by atoms with van der Waals surface area (Å²) in [5.74, 6) is -0.224. The summed E-state index contributed by atoms with van der Waals surface area (Å²) >= 11 is 0. The number of hydrogen-bond donors (Lipinski definition) is 1. The molecule has 1 aliphatic heterocycles. The van der Waals surface area contributed by atoms with Gasteiger partial charge < -0.3 is 5.32 Å². The highest BCUT2D eigenvalue weighted by molar-refractivity contribution is 7.89. The minimum atomic E-state index is -3.27. The minimum absolute atomic E-state index is 0.0489. The average Bonchev–Trinajstić information content (AvgIpc) is 3.04. The molecule has 0 radical (unpaired) electrons. The fourth-order valence-corrected chi connectivity index (χ4v) is 4.48. The van der Waals surface area contributed by atoms with Crippen molar-refractivity contribution in [2.45, 2.75) is 25.8 Å². The molecule has 0 aromatic heterocycles. The predicted molar refractivity (Wildman–Crippen MR) is 95.2 cm³/mol. The molecule has 1 aromatic rings. The van der Waals surface area contributed by atoms with E-state index in [0.717, 1.165) is 24.0 Å². The Balaban J connectivity index is 1.98. The molecule has 2 rings (SSSR count). The molecule has 24 heavy (non-hydrogen) atoms. The quantitative estimate of drug-likeness (QED) is 0.798. The van der Waals surface area contributed by atoms with Crippen molar-refractivity contribution in [3.05, 3.63) is 35.4 Å². The number of rotatable bonds is 7. The molecule has 1 unspecified atom stereocenters. The van der Waals surface area contributed by atoms with Crippen molar-refractivity contribution in [1.82, 2.24) is 14.5 Å². The van der Waals surface area contributed by atoms with E-state index in [4.69, 9.17) is 0 Å². The van der Waals surface area contributed by atoms with E-state index in [1.54, 1.807) is 0 Å². The van der Waals surface area contributed by atoms with Gasteiger partial charge in [-0.15, -0.1) is 0 Å². The number of nitrogens with one attached hydrogen (secondary N) is 1. The molecule has 0 aliphatic carbocycles. The van der Waals surface area contributed by atoms with Crippen LogP contribution in [0.25, 0.3) is 0 Å². The van der Waals surface area contributed by atoms with Crippen molar-refractivity contribution < 1.29 is 13.2 Å². The van der Waals surface area contributed by atoms with Crippen LogP contribution < -0.4 is 5.32 Å². The van der Waals surface area contributed by atoms with Gasteiger partial charge in [0.25, 0.3) is 0 Å². The third-order valence-electron chi connectivity index (χ3n) is 4.37. The zero-order valence-electron chi connectivity index (χ0n) is 14.7. The molecule has 134 valence electrons. The summed E-state index contributed by atoms with van der Waals surface area (Å²) in [4.78, 5) is 14.4. The highest BCUT2D eigenvalue weighted by Crippen LogP contribution is 2.22. The van der Waals surface area contributed by atoms with Crippen LogP contribution in [-0.2, 0) is 14.8 Å². The number of sulfonamides is 1. The molecule has 6 nitrogen and oxygen atoms in total. The zero-order valence-corrected chi connectivity index (χ0v) is 15.5. The van der Waals surface area contributed by atoms with Crippen molar-refractivity contribution in [3.8, 4) is 0 Å². The predicted octanol–water partition coefficient (Wildman–Crippen LogP) is 1.14. The van der Waals surface area contributed by atoms with E-state index in [-0.39, 0.29) is 18.2 Å². The van der Waals surface area contributed by atoms with Gasteiger partial charge in [0.2, 0.25) is 15.9 Å². The minimum Gasteiger partial charge on any atom is -0.353 e. The highest BCUT2D eigenvalue weighted by atomic mass is 32.2. The maximum atomic E-state index is 12.6. The third kappa shape index (κ3) is 4.55. The van der Waals surface area contributed by atoms with E-state index < -0.39 is 16.1 Å². The topological polar surface area (TPSA) is 69.7 Å². The van der Waals surface area contributed by atoms with Crippen LogP contribution in [-0.4, -0.2) is 63.0 Å². The van der Waals surface area contributed by atoms with Crippen LogP contribution in [0.3, 0.4) is 0 Å². The van der Waals surface area contributed by atoms with E-state index in [9.17, 15) is 13.2 Å². The maximum absolute atomic E-state index is 12.6. The smallest absolute Gasteiger partial charge is 0.241 e. The first-order valence-corrected chi connectivity index (χ1v) is 9.91. The van der Waals surface area contributed by atoms with E-state index in [2.05, 4.69) is 5.32 Å². The SMILES string of the molecule is Cc1ccccc1C(C(=O)NCCS(=O)(=O)N1CCCC1)N(C)C. The summed E-state index contributed by atoms with van der Waals surface area (Å²) in [6.45, 7) is 3.30. The molecule has 1 aliphatic rings. The number of aryl methyl sites for hydroxylation is 1. The van der Waals surface area contributed by atoms with Crippen LogP contribution >= 0.6 is 0 Å². The van der Waals surface area contributed by atoms with E-state index in [0.29, 0.717) is 13.1 Å². The average molecular weight is 353 g/mol. The summed E-state index contributed by atoms with van der Waals surface area (Å²) in [6, 6.07) is 7.31. The summed E-state index contributed by atoms with van der Waals surface area (Å²) in [6.07, 6.45) is 1.84. The molecule has 0 bridgehead atoms. The molecule has 1 N–H and O–H groups in total. The Morgan fingerprint density at radius 2 is 1.88 bits per heavy atom. The van der Waals surface area contributed by atoms with Crippen molar-refractivity contribution in [2.75, 3.05) is 39.5 Å². The molecule has 1 amide bonds. The lowest BCUT2D eigenvalue weighted by molar-refractivity contribution is -0.125. The number of carbonyl (C=O) groups is 1. The molecular weight excluding hydrogens is 326 g/mol. The van der Waals surface area contributed by atoms with Gasteiger partial charge in [-0.05, 0) is 45.0 Å². The fraction of sp³-hybridized carbons (Fsp3) is 0.588. The Kier molecular flexibility index (Phi) is 6.37. The standard InChI is InChI=1S/C17H27N3O3S/c1-14-8-4-5-9-15(14)16(19(2)3)17(21)18-10-13-24(22,23)20-11-6-7-12-20/h4-5,8-9,16H,6-7,10-13H2,1-3H3,(H,18,21). The first-order chi connectivity index (χ1) is 11.3. The Hall–Kier alpha value is -1.44. The zero-order chi connectivity index (χ0) is 17.7. The molecule has 1 saturated heterocycles. The fourth-order valence-electron chi connectivity index (χ4n) is 3.04. The van der Waals surface area contributed by atoms with Crippen LogP contribution in [0.5, 0.6) is 0 Å². The number of carbonyl (C=O) groups excluding carboxylic acids is 1. The van der Waals surface area contributed by atoms with Gasteiger partial charge in [0.05, 0.1) is 5.75 Å². The van der Waals surface area contributed by atoms with E-state index in [1.165, 1.54) is 4.31 Å². The van der Waals surface area contributed by atoms with E-state index >= 15 is 0 Å². The summed E-state index contributed by atoms with van der Waals surface area (Å²) in [5, 5.41) is 2.78. The first-order valence-electron chi connectivity index (χ1n) is 8.30. The Morgan fingerprint density at radius 3 is 2.46 bits per heavy atom. The van der Waals surface area contributed by atoms with Crippen molar-refractivity contribution in [2.24, 2.45) is 0 Å². The highest BCUT2D eigenvalue weighted by Gasteiger charge is 2.27. The van der Waals surface area contributed by atoms with Crippen molar-refractivity contribution in [1.29, 1.82) is 0 Å². The monoisotopic (exact) mass is 353 g/mol. The van der Waals surface area contributed by atoms with Crippen LogP contribution in [0.15, 0.2) is 24.3 Å². The van der Waals surface area contributed by atoms with Crippen LogP contribution in [0, 0.1) is 6.92 Å². The summed E-state index contributed by atoms with van der Waals surface area (Å²) < 4.78 is 25.9. The van der Waals surface area contributed by atoms with Crippen molar-refractivity contribution >= 4 is 15.9 Å². The molecule has 7 heteroatoms. The summed E-state index contributed by atoms with van der Waals surface area (Å²) in [7, 11) is 0.420. The molecule has 1 atom stereocenters. The molecule has 1 aromatic carbocycles. The molecule has 0 spiro atoms. The van der Waals surface area contributed by atoms with Crippen molar-refractivity contribution in [3.63, 3.8) is 0 Å². The van der Waals surface area contributed by atoms with Gasteiger partial charge >= 0.3 is 0 Å². The number of amides is 1. The van der Waals surface area contributed by atoms with Crippen LogP contribution in [0.1, 0.15) is 30.0 Å². The second-order valence-corrected chi connectivity index (χ2v) is 8.52. The van der Waals surface area contributed by atoms with Gasteiger partial charge in [-0.1, -0.05) is 24.3 Å². The van der Waals surface area contributed by atoms with Crippen LogP contribution in [0.2, 0.25) is 0 Å². The van der Waals surface area contributed by atoms with E-state index in [1.807, 2.05) is 50.2 Å². The van der Waals surface area contributed by atoms with Gasteiger partial charge in [-0.2, -0.15) is 0 Å². The second-order valence-electron chi connectivity index (χ2n) is 6.44. The van der Waals surface area contributed by atoms with Gasteiger partial charge in [0.15, 0.2) is 0 Å². The number of benzene rings is 1. The van der Waals surface area contributed by atoms with Gasteiger partial charge in [0.1, 0.15) is 6.04 Å². The molecule has 1 heterocycles. The number of likely N-dealkylation sites (N-methyl/N-ethyl adjacent to an activating group) is 1. The maximum Gasteiger partial charge on any atom is 0.241 e. The lowest BCUT2D eigenvalue weighted by Gasteiger charge is -2.25.